The second kappa shape index (κ2) is 5.48. The molecule has 0 amide bonds. The minimum absolute atomic E-state index is 0.556. The second-order valence-corrected chi connectivity index (χ2v) is 7.99. The van der Waals surface area contributed by atoms with E-state index in [1.165, 1.54) is 50.7 Å². The highest BCUT2D eigenvalue weighted by Crippen LogP contribution is 2.36. The van der Waals surface area contributed by atoms with Crippen molar-refractivity contribution in [1.82, 2.24) is 0 Å². The fourth-order valence-corrected chi connectivity index (χ4v) is 6.37. The predicted molar refractivity (Wildman–Crippen MR) is 76.5 cm³/mol. The Morgan fingerprint density at radius 3 is 2.53 bits per heavy atom. The molecule has 3 rings (SSSR count). The van der Waals surface area contributed by atoms with E-state index in [0.29, 0.717) is 10.9 Å². The Hall–Kier alpha value is -0.430. The van der Waals surface area contributed by atoms with Gasteiger partial charge >= 0.3 is 0 Å². The fraction of sp³-hybridized carbons (Fsp3) is 0.625. The van der Waals surface area contributed by atoms with Crippen molar-refractivity contribution in [2.75, 3.05) is 5.75 Å². The fourth-order valence-electron chi connectivity index (χ4n) is 3.45. The summed E-state index contributed by atoms with van der Waals surface area (Å²) < 4.78 is 0. The van der Waals surface area contributed by atoms with E-state index in [1.54, 1.807) is 4.90 Å². The van der Waals surface area contributed by atoms with Crippen molar-refractivity contribution in [3.05, 3.63) is 30.3 Å². The SMILES string of the molecule is c1ccc([S+]2CCC3CCCCC2CC3)cc1. The number of fused-ring (bicyclic) bond motifs is 3. The van der Waals surface area contributed by atoms with Gasteiger partial charge < -0.3 is 0 Å². The van der Waals surface area contributed by atoms with Gasteiger partial charge in [0.2, 0.25) is 0 Å². The Balaban J connectivity index is 1.83. The molecule has 2 fully saturated rings. The van der Waals surface area contributed by atoms with Crippen molar-refractivity contribution in [1.29, 1.82) is 0 Å². The summed E-state index contributed by atoms with van der Waals surface area (Å²) >= 11 is 0. The normalized spacial score (nSPS) is 33.8. The van der Waals surface area contributed by atoms with Crippen LogP contribution in [0.15, 0.2) is 35.2 Å². The third-order valence-corrected chi connectivity index (χ3v) is 7.31. The average Bonchev–Trinajstić information content (AvgIpc) is 2.48. The topological polar surface area (TPSA) is 0 Å². The molecule has 0 aromatic heterocycles. The van der Waals surface area contributed by atoms with Gasteiger partial charge in [0.25, 0.3) is 0 Å². The predicted octanol–water partition coefficient (Wildman–Crippen LogP) is 4.41. The van der Waals surface area contributed by atoms with Crippen molar-refractivity contribution in [2.45, 2.75) is 55.1 Å². The molecule has 1 heteroatoms. The van der Waals surface area contributed by atoms with E-state index >= 15 is 0 Å². The molecule has 1 saturated heterocycles. The van der Waals surface area contributed by atoms with Crippen LogP contribution in [-0.4, -0.2) is 11.0 Å². The van der Waals surface area contributed by atoms with Crippen LogP contribution in [0.1, 0.15) is 44.9 Å². The zero-order chi connectivity index (χ0) is 11.5. The van der Waals surface area contributed by atoms with Gasteiger partial charge in [-0.3, -0.25) is 0 Å². The summed E-state index contributed by atoms with van der Waals surface area (Å²) in [6.07, 6.45) is 10.5. The van der Waals surface area contributed by atoms with Crippen LogP contribution in [0.4, 0.5) is 0 Å². The van der Waals surface area contributed by atoms with Crippen LogP contribution in [0, 0.1) is 5.92 Å². The molecule has 1 saturated carbocycles. The zero-order valence-electron chi connectivity index (χ0n) is 10.6. The van der Waals surface area contributed by atoms with Gasteiger partial charge in [-0.25, -0.2) is 0 Å². The summed E-state index contributed by atoms with van der Waals surface area (Å²) in [5, 5.41) is 1.00. The van der Waals surface area contributed by atoms with E-state index in [1.807, 2.05) is 0 Å². The van der Waals surface area contributed by atoms with Crippen LogP contribution in [-0.2, 0) is 10.9 Å². The summed E-state index contributed by atoms with van der Waals surface area (Å²) in [5.74, 6) is 2.53. The van der Waals surface area contributed by atoms with E-state index in [9.17, 15) is 0 Å². The van der Waals surface area contributed by atoms with E-state index in [4.69, 9.17) is 0 Å². The van der Waals surface area contributed by atoms with E-state index in [2.05, 4.69) is 30.3 Å². The van der Waals surface area contributed by atoms with Crippen LogP contribution in [0.2, 0.25) is 0 Å². The summed E-state index contributed by atoms with van der Waals surface area (Å²) in [6.45, 7) is 0. The molecule has 92 valence electrons. The monoisotopic (exact) mass is 247 g/mol. The molecule has 0 radical (unpaired) electrons. The number of benzene rings is 1. The first-order valence-corrected chi connectivity index (χ1v) is 8.64. The van der Waals surface area contributed by atoms with Gasteiger partial charge in [0.15, 0.2) is 4.90 Å². The zero-order valence-corrected chi connectivity index (χ0v) is 11.4. The first kappa shape index (κ1) is 11.6. The molecule has 1 aromatic carbocycles. The molecule has 0 N–H and O–H groups in total. The van der Waals surface area contributed by atoms with Gasteiger partial charge in [-0.1, -0.05) is 31.0 Å². The van der Waals surface area contributed by atoms with Crippen LogP contribution in [0.25, 0.3) is 0 Å². The van der Waals surface area contributed by atoms with E-state index in [-0.39, 0.29) is 0 Å². The molecule has 1 aliphatic carbocycles. The molecule has 1 aromatic rings. The van der Waals surface area contributed by atoms with Crippen molar-refractivity contribution >= 4 is 10.9 Å². The summed E-state index contributed by atoms with van der Waals surface area (Å²) in [6, 6.07) is 11.3. The van der Waals surface area contributed by atoms with Gasteiger partial charge in [0.05, 0.1) is 0 Å². The maximum absolute atomic E-state index is 2.37. The quantitative estimate of drug-likeness (QED) is 0.645. The lowest BCUT2D eigenvalue weighted by atomic mass is 9.89. The Bertz CT molecular complexity index is 346. The lowest BCUT2D eigenvalue weighted by Gasteiger charge is -2.18. The highest BCUT2D eigenvalue weighted by atomic mass is 32.2. The van der Waals surface area contributed by atoms with E-state index < -0.39 is 0 Å². The highest BCUT2D eigenvalue weighted by molar-refractivity contribution is 7.97. The van der Waals surface area contributed by atoms with Crippen LogP contribution < -0.4 is 0 Å². The Kier molecular flexibility index (Phi) is 3.75. The number of hydrogen-bond donors (Lipinski definition) is 0. The molecule has 3 unspecified atom stereocenters. The smallest absolute Gasteiger partial charge is 0.0619 e. The van der Waals surface area contributed by atoms with Crippen molar-refractivity contribution in [3.63, 3.8) is 0 Å². The molecule has 0 spiro atoms. The van der Waals surface area contributed by atoms with Crippen LogP contribution in [0.3, 0.4) is 0 Å². The van der Waals surface area contributed by atoms with Crippen LogP contribution >= 0.6 is 0 Å². The third-order valence-electron chi connectivity index (χ3n) is 4.48. The molecule has 2 bridgehead atoms. The molecule has 2 aliphatic rings. The second-order valence-electron chi connectivity index (χ2n) is 5.58. The molecular weight excluding hydrogens is 224 g/mol. The molecule has 0 nitrogen and oxygen atoms in total. The number of hydrogen-bond acceptors (Lipinski definition) is 0. The molecule has 3 atom stereocenters. The Morgan fingerprint density at radius 2 is 1.65 bits per heavy atom. The van der Waals surface area contributed by atoms with Crippen molar-refractivity contribution in [3.8, 4) is 0 Å². The molecular formula is C16H23S+. The standard InChI is InChI=1S/C16H23S/c1-2-7-15(8-3-1)17-13-12-14-6-4-5-9-16(17)11-10-14/h1-3,7-8,14,16H,4-6,9-13H2/q+1. The maximum atomic E-state index is 2.37. The van der Waals surface area contributed by atoms with Crippen molar-refractivity contribution < 1.29 is 0 Å². The Morgan fingerprint density at radius 1 is 0.824 bits per heavy atom. The minimum atomic E-state index is 0.556. The molecule has 1 heterocycles. The lowest BCUT2D eigenvalue weighted by Crippen LogP contribution is -2.23. The Labute approximate surface area is 108 Å². The first-order chi connectivity index (χ1) is 8.43. The van der Waals surface area contributed by atoms with Gasteiger partial charge in [0, 0.05) is 10.9 Å². The average molecular weight is 247 g/mol. The number of rotatable bonds is 1. The third kappa shape index (κ3) is 2.70. The molecule has 17 heavy (non-hydrogen) atoms. The van der Waals surface area contributed by atoms with Gasteiger partial charge in [0.1, 0.15) is 11.0 Å². The van der Waals surface area contributed by atoms with Gasteiger partial charge in [-0.15, -0.1) is 0 Å². The summed E-state index contributed by atoms with van der Waals surface area (Å²) in [5.41, 5.74) is 0. The van der Waals surface area contributed by atoms with Crippen LogP contribution in [0.5, 0.6) is 0 Å². The summed E-state index contributed by atoms with van der Waals surface area (Å²) in [7, 11) is 0.556. The van der Waals surface area contributed by atoms with Crippen molar-refractivity contribution in [2.24, 2.45) is 5.92 Å². The largest absolute Gasteiger partial charge is 0.155 e. The van der Waals surface area contributed by atoms with E-state index in [0.717, 1.165) is 11.2 Å². The first-order valence-electron chi connectivity index (χ1n) is 7.18. The minimum Gasteiger partial charge on any atom is -0.0619 e. The van der Waals surface area contributed by atoms with Gasteiger partial charge in [-0.05, 0) is 50.2 Å². The van der Waals surface area contributed by atoms with Gasteiger partial charge in [-0.2, -0.15) is 0 Å². The lowest BCUT2D eigenvalue weighted by molar-refractivity contribution is 0.384. The highest BCUT2D eigenvalue weighted by Gasteiger charge is 2.37. The summed E-state index contributed by atoms with van der Waals surface area (Å²) in [4.78, 5) is 1.64. The molecule has 1 aliphatic heterocycles. The maximum Gasteiger partial charge on any atom is 0.155 e.